The molecule has 0 fully saturated rings. The molecule has 2 atom stereocenters. The molecule has 0 aromatic rings. The van der Waals surface area contributed by atoms with E-state index in [-0.39, 0.29) is 5.04 Å². The van der Waals surface area contributed by atoms with Crippen LogP contribution >= 0.6 is 0 Å². The lowest BCUT2D eigenvalue weighted by Crippen LogP contribution is -2.37. The van der Waals surface area contributed by atoms with E-state index in [1.54, 1.807) is 0 Å². The maximum atomic E-state index is 12.6. The largest absolute Gasteiger partial charge is 0.481 e. The van der Waals surface area contributed by atoms with Crippen LogP contribution in [0.3, 0.4) is 0 Å². The van der Waals surface area contributed by atoms with E-state index in [1.165, 1.54) is 76.7 Å². The summed E-state index contributed by atoms with van der Waals surface area (Å²) in [7, 11) is -0.588. The third kappa shape index (κ3) is 11.6. The number of unbranched alkanes of at least 4 members (excludes halogenated alkanes) is 10. The number of hydrogen-bond donors (Lipinski definition) is 1. The zero-order chi connectivity index (χ0) is 21.1. The average molecular weight is 413 g/mol. The lowest BCUT2D eigenvalue weighted by molar-refractivity contribution is -0.143. The number of carboxylic acids is 1. The molecule has 28 heavy (non-hydrogen) atoms. The maximum absolute atomic E-state index is 12.6. The maximum Gasteiger partial charge on any atom is 0.306 e. The van der Waals surface area contributed by atoms with Crippen LogP contribution in [0.2, 0.25) is 11.1 Å². The summed E-state index contributed by atoms with van der Waals surface area (Å²) in [5.41, 5.74) is 0. The normalized spacial score (nSPS) is 15.1. The lowest BCUT2D eigenvalue weighted by atomic mass is 9.80. The summed E-state index contributed by atoms with van der Waals surface area (Å²) in [6.45, 7) is 8.99. The molecule has 0 amide bonds. The minimum absolute atomic E-state index is 0.333. The first kappa shape index (κ1) is 27.7. The Morgan fingerprint density at radius 2 is 1.25 bits per heavy atom. The molecule has 3 heteroatoms. The second kappa shape index (κ2) is 18.7. The first-order valence-corrected chi connectivity index (χ1v) is 14.5. The summed E-state index contributed by atoms with van der Waals surface area (Å²) in [5.74, 6) is -0.0133. The Morgan fingerprint density at radius 3 is 1.75 bits per heavy atom. The highest BCUT2D eigenvalue weighted by Crippen LogP contribution is 2.47. The lowest BCUT2D eigenvalue weighted by Gasteiger charge is -2.38. The third-order valence-electron chi connectivity index (χ3n) is 6.70. The van der Waals surface area contributed by atoms with Gasteiger partial charge < -0.3 is 5.11 Å². The highest BCUT2D eigenvalue weighted by Gasteiger charge is 2.43. The van der Waals surface area contributed by atoms with Gasteiger partial charge in [0.05, 0.1) is 5.04 Å². The van der Waals surface area contributed by atoms with Crippen LogP contribution in [0.25, 0.3) is 0 Å². The van der Waals surface area contributed by atoms with Crippen molar-refractivity contribution in [2.75, 3.05) is 0 Å². The van der Waals surface area contributed by atoms with Gasteiger partial charge >= 0.3 is 5.97 Å². The van der Waals surface area contributed by atoms with Gasteiger partial charge in [0.1, 0.15) is 0 Å². The number of carbonyl (C=O) groups is 1. The number of aliphatic carboxylic acids is 1. The second-order valence-electron chi connectivity index (χ2n) is 9.12. The topological polar surface area (TPSA) is 37.3 Å². The number of hydrogen-bond acceptors (Lipinski definition) is 1. The summed E-state index contributed by atoms with van der Waals surface area (Å²) in [4.78, 5) is 12.6. The van der Waals surface area contributed by atoms with Gasteiger partial charge in [0.2, 0.25) is 0 Å². The number of carboxylic acid groups (broad SMARTS) is 1. The van der Waals surface area contributed by atoms with E-state index in [4.69, 9.17) is 0 Å². The van der Waals surface area contributed by atoms with Crippen molar-refractivity contribution >= 4 is 15.5 Å². The van der Waals surface area contributed by atoms with Crippen molar-refractivity contribution in [1.29, 1.82) is 0 Å². The molecule has 2 nitrogen and oxygen atoms in total. The van der Waals surface area contributed by atoms with Crippen LogP contribution in [-0.4, -0.2) is 20.6 Å². The zero-order valence-electron chi connectivity index (χ0n) is 19.9. The molecule has 1 N–H and O–H groups in total. The van der Waals surface area contributed by atoms with Gasteiger partial charge in [0.25, 0.3) is 0 Å². The van der Waals surface area contributed by atoms with E-state index in [9.17, 15) is 9.90 Å². The van der Waals surface area contributed by atoms with Crippen molar-refractivity contribution < 1.29 is 9.90 Å². The molecule has 0 aromatic heterocycles. The Hall–Kier alpha value is -0.313. The fraction of sp³-hybridized carbons (Fsp3) is 0.960. The van der Waals surface area contributed by atoms with E-state index in [0.717, 1.165) is 38.5 Å². The van der Waals surface area contributed by atoms with E-state index in [2.05, 4.69) is 27.7 Å². The Bertz CT molecular complexity index is 358. The van der Waals surface area contributed by atoms with E-state index in [1.807, 2.05) is 0 Å². The number of rotatable bonds is 21. The van der Waals surface area contributed by atoms with Crippen LogP contribution < -0.4 is 0 Å². The summed E-state index contributed by atoms with van der Waals surface area (Å²) >= 11 is 0. The van der Waals surface area contributed by atoms with Crippen molar-refractivity contribution in [3.63, 3.8) is 0 Å². The Kier molecular flexibility index (Phi) is 18.5. The van der Waals surface area contributed by atoms with Gasteiger partial charge in [-0.3, -0.25) is 4.79 Å². The first-order chi connectivity index (χ1) is 13.6. The van der Waals surface area contributed by atoms with E-state index in [0.29, 0.717) is 5.92 Å². The fourth-order valence-corrected chi connectivity index (χ4v) is 7.37. The predicted molar refractivity (Wildman–Crippen MR) is 128 cm³/mol. The quantitative estimate of drug-likeness (QED) is 0.152. The van der Waals surface area contributed by atoms with Gasteiger partial charge in [0.15, 0.2) is 0 Å². The molecule has 0 rings (SSSR count). The molecule has 0 saturated heterocycles. The predicted octanol–water partition coefficient (Wildman–Crippen LogP) is 8.14. The van der Waals surface area contributed by atoms with Crippen molar-refractivity contribution in [3.05, 3.63) is 0 Å². The fourth-order valence-electron chi connectivity index (χ4n) is 4.85. The molecule has 0 radical (unpaired) electrons. The minimum atomic E-state index is -0.588. The van der Waals surface area contributed by atoms with Crippen LogP contribution in [0.4, 0.5) is 0 Å². The summed E-state index contributed by atoms with van der Waals surface area (Å²) in [5, 5.41) is 10.1. The SMILES string of the molecule is CCCCCCCCC(CCC)C(CCCCCCCC)([SiH2]CCC)C(=O)O. The monoisotopic (exact) mass is 412 g/mol. The Labute approximate surface area is 179 Å². The first-order valence-electron chi connectivity index (χ1n) is 12.8. The molecule has 0 saturated carbocycles. The molecule has 0 bridgehead atoms. The van der Waals surface area contributed by atoms with Gasteiger partial charge in [-0.25, -0.2) is 0 Å². The third-order valence-corrected chi connectivity index (χ3v) is 9.89. The van der Waals surface area contributed by atoms with Gasteiger partial charge in [0, 0.05) is 9.52 Å². The standard InChI is InChI=1S/C25H52O2Si/c1-5-9-11-13-15-17-20-23(19-7-3)25(24(26)27,28-22-8-4)21-18-16-14-12-10-6-2/h23H,5-22,28H2,1-4H3,(H,26,27). The zero-order valence-corrected chi connectivity index (χ0v) is 21.3. The molecule has 0 spiro atoms. The van der Waals surface area contributed by atoms with Crippen molar-refractivity contribution in [2.24, 2.45) is 5.92 Å². The molecule has 0 heterocycles. The van der Waals surface area contributed by atoms with Crippen LogP contribution in [0.15, 0.2) is 0 Å². The molecule has 168 valence electrons. The van der Waals surface area contributed by atoms with Crippen LogP contribution in [0.5, 0.6) is 0 Å². The Balaban J connectivity index is 4.91. The van der Waals surface area contributed by atoms with Crippen LogP contribution in [-0.2, 0) is 4.79 Å². The smallest absolute Gasteiger partial charge is 0.306 e. The Morgan fingerprint density at radius 1 is 0.714 bits per heavy atom. The molecule has 0 aliphatic carbocycles. The molecule has 0 aliphatic heterocycles. The molecule has 0 aliphatic rings. The molecular weight excluding hydrogens is 360 g/mol. The van der Waals surface area contributed by atoms with E-state index >= 15 is 0 Å². The molecule has 2 unspecified atom stereocenters. The van der Waals surface area contributed by atoms with Gasteiger partial charge in [-0.2, -0.15) is 0 Å². The van der Waals surface area contributed by atoms with Gasteiger partial charge in [-0.05, 0) is 25.2 Å². The summed E-state index contributed by atoms with van der Waals surface area (Å²) in [6, 6.07) is 1.19. The van der Waals surface area contributed by atoms with Crippen molar-refractivity contribution in [2.45, 2.75) is 148 Å². The van der Waals surface area contributed by atoms with Gasteiger partial charge in [-0.15, -0.1) is 0 Å². The van der Waals surface area contributed by atoms with Crippen molar-refractivity contribution in [1.82, 2.24) is 0 Å². The summed E-state index contributed by atoms with van der Waals surface area (Å²) in [6.07, 6.45) is 20.9. The molecule has 0 aromatic carbocycles. The second-order valence-corrected chi connectivity index (χ2v) is 11.6. The highest BCUT2D eigenvalue weighted by atomic mass is 28.2. The van der Waals surface area contributed by atoms with E-state index < -0.39 is 15.5 Å². The summed E-state index contributed by atoms with van der Waals surface area (Å²) < 4.78 is 0. The van der Waals surface area contributed by atoms with Crippen molar-refractivity contribution in [3.8, 4) is 0 Å². The molecular formula is C25H52O2Si. The minimum Gasteiger partial charge on any atom is -0.481 e. The van der Waals surface area contributed by atoms with Gasteiger partial charge in [-0.1, -0.05) is 124 Å². The van der Waals surface area contributed by atoms with Crippen LogP contribution in [0, 0.1) is 5.92 Å². The highest BCUT2D eigenvalue weighted by molar-refractivity contribution is 6.46. The average Bonchev–Trinajstić information content (AvgIpc) is 2.68. The van der Waals surface area contributed by atoms with Crippen LogP contribution in [0.1, 0.15) is 137 Å².